The molecular formula is C15H25N3. The first-order valence-electron chi connectivity index (χ1n) is 6.64. The van der Waals surface area contributed by atoms with Crippen LogP contribution in [0.1, 0.15) is 25.0 Å². The quantitative estimate of drug-likeness (QED) is 0.828. The van der Waals surface area contributed by atoms with Crippen LogP contribution in [0.5, 0.6) is 0 Å². The van der Waals surface area contributed by atoms with E-state index in [4.69, 9.17) is 5.73 Å². The number of nitrogen functional groups attached to an aromatic ring is 1. The number of anilines is 1. The molecule has 0 fully saturated rings. The zero-order valence-electron chi connectivity index (χ0n) is 12.0. The van der Waals surface area contributed by atoms with Crippen molar-refractivity contribution in [3.05, 3.63) is 29.3 Å². The molecule has 0 radical (unpaired) electrons. The molecule has 2 rings (SSSR count). The van der Waals surface area contributed by atoms with Crippen LogP contribution >= 0.6 is 0 Å². The van der Waals surface area contributed by atoms with E-state index in [0.29, 0.717) is 0 Å². The van der Waals surface area contributed by atoms with E-state index >= 15 is 0 Å². The third kappa shape index (κ3) is 2.85. The maximum atomic E-state index is 5.91. The van der Waals surface area contributed by atoms with Crippen LogP contribution in [0.3, 0.4) is 0 Å². The van der Waals surface area contributed by atoms with Crippen LogP contribution < -0.4 is 5.73 Å². The average molecular weight is 247 g/mol. The topological polar surface area (TPSA) is 32.5 Å². The first-order chi connectivity index (χ1) is 8.38. The Hall–Kier alpha value is -1.06. The van der Waals surface area contributed by atoms with E-state index in [1.165, 1.54) is 11.1 Å². The van der Waals surface area contributed by atoms with Crippen LogP contribution in [0.15, 0.2) is 18.2 Å². The van der Waals surface area contributed by atoms with Crippen LogP contribution in [0.2, 0.25) is 0 Å². The van der Waals surface area contributed by atoms with E-state index in [2.05, 4.69) is 49.9 Å². The minimum Gasteiger partial charge on any atom is -0.399 e. The van der Waals surface area contributed by atoms with Crippen LogP contribution in [0.25, 0.3) is 0 Å². The van der Waals surface area contributed by atoms with Crippen LogP contribution in [0, 0.1) is 0 Å². The number of fused-ring (bicyclic) bond motifs is 1. The van der Waals surface area contributed by atoms with Gasteiger partial charge in [0.2, 0.25) is 0 Å². The Kier molecular flexibility index (Phi) is 3.64. The van der Waals surface area contributed by atoms with Crippen molar-refractivity contribution in [2.45, 2.75) is 25.8 Å². The lowest BCUT2D eigenvalue weighted by Crippen LogP contribution is -2.44. The molecule has 1 aromatic rings. The van der Waals surface area contributed by atoms with Crippen molar-refractivity contribution in [1.82, 2.24) is 9.80 Å². The molecule has 0 atom stereocenters. The number of nitrogens with two attached hydrogens (primary N) is 1. The van der Waals surface area contributed by atoms with Gasteiger partial charge in [-0.2, -0.15) is 0 Å². The van der Waals surface area contributed by atoms with Gasteiger partial charge in [0.15, 0.2) is 0 Å². The SMILES string of the molecule is CN(C)CCN1Cc2cc(N)ccc2C(C)(C)C1. The highest BCUT2D eigenvalue weighted by molar-refractivity contribution is 5.48. The highest BCUT2D eigenvalue weighted by atomic mass is 15.2. The van der Waals surface area contributed by atoms with Crippen molar-refractivity contribution in [3.63, 3.8) is 0 Å². The predicted molar refractivity (Wildman–Crippen MR) is 77.7 cm³/mol. The van der Waals surface area contributed by atoms with Crippen LogP contribution in [-0.2, 0) is 12.0 Å². The Morgan fingerprint density at radius 3 is 2.72 bits per heavy atom. The Bertz CT molecular complexity index is 424. The second-order valence-corrected chi connectivity index (χ2v) is 6.31. The van der Waals surface area contributed by atoms with E-state index in [-0.39, 0.29) is 5.41 Å². The number of hydrogen-bond donors (Lipinski definition) is 1. The number of benzene rings is 1. The fourth-order valence-electron chi connectivity index (χ4n) is 2.85. The molecule has 0 amide bonds. The van der Waals surface area contributed by atoms with Gasteiger partial charge in [0.25, 0.3) is 0 Å². The van der Waals surface area contributed by atoms with Gasteiger partial charge in [0, 0.05) is 37.3 Å². The lowest BCUT2D eigenvalue weighted by molar-refractivity contribution is 0.178. The summed E-state index contributed by atoms with van der Waals surface area (Å²) in [5, 5.41) is 0. The summed E-state index contributed by atoms with van der Waals surface area (Å²) in [7, 11) is 4.25. The minimum absolute atomic E-state index is 0.216. The zero-order chi connectivity index (χ0) is 13.3. The van der Waals surface area contributed by atoms with E-state index < -0.39 is 0 Å². The molecule has 0 saturated heterocycles. The van der Waals surface area contributed by atoms with Crippen molar-refractivity contribution in [2.24, 2.45) is 0 Å². The summed E-state index contributed by atoms with van der Waals surface area (Å²) in [4.78, 5) is 4.77. The first kappa shape index (κ1) is 13.4. The number of likely N-dealkylation sites (N-methyl/N-ethyl adjacent to an activating group) is 1. The van der Waals surface area contributed by atoms with E-state index in [9.17, 15) is 0 Å². The second-order valence-electron chi connectivity index (χ2n) is 6.31. The van der Waals surface area contributed by atoms with Crippen molar-refractivity contribution >= 4 is 5.69 Å². The Morgan fingerprint density at radius 1 is 1.33 bits per heavy atom. The van der Waals surface area contributed by atoms with Gasteiger partial charge in [0.1, 0.15) is 0 Å². The van der Waals surface area contributed by atoms with Gasteiger partial charge in [-0.05, 0) is 37.4 Å². The smallest absolute Gasteiger partial charge is 0.0317 e. The third-order valence-electron chi connectivity index (χ3n) is 3.73. The van der Waals surface area contributed by atoms with Crippen molar-refractivity contribution in [3.8, 4) is 0 Å². The molecule has 3 heteroatoms. The molecule has 0 bridgehead atoms. The molecule has 3 nitrogen and oxygen atoms in total. The first-order valence-corrected chi connectivity index (χ1v) is 6.64. The number of nitrogens with zero attached hydrogens (tertiary/aromatic N) is 2. The molecule has 1 aliphatic heterocycles. The Morgan fingerprint density at radius 2 is 2.06 bits per heavy atom. The number of rotatable bonds is 3. The molecular weight excluding hydrogens is 222 g/mol. The Balaban J connectivity index is 2.19. The van der Waals surface area contributed by atoms with Crippen molar-refractivity contribution in [2.75, 3.05) is 39.5 Å². The molecule has 0 spiro atoms. The summed E-state index contributed by atoms with van der Waals surface area (Å²) in [6.45, 7) is 9.02. The van der Waals surface area contributed by atoms with E-state index in [1.54, 1.807) is 0 Å². The zero-order valence-corrected chi connectivity index (χ0v) is 12.0. The van der Waals surface area contributed by atoms with Gasteiger partial charge in [-0.25, -0.2) is 0 Å². The molecule has 1 heterocycles. The second kappa shape index (κ2) is 4.90. The van der Waals surface area contributed by atoms with Crippen LogP contribution in [-0.4, -0.2) is 43.5 Å². The molecule has 100 valence electrons. The summed E-state index contributed by atoms with van der Waals surface area (Å²) < 4.78 is 0. The summed E-state index contributed by atoms with van der Waals surface area (Å²) in [6.07, 6.45) is 0. The number of hydrogen-bond acceptors (Lipinski definition) is 3. The molecule has 0 saturated carbocycles. The summed E-state index contributed by atoms with van der Waals surface area (Å²) in [5.41, 5.74) is 9.85. The largest absolute Gasteiger partial charge is 0.399 e. The van der Waals surface area contributed by atoms with Gasteiger partial charge in [-0.15, -0.1) is 0 Å². The highest BCUT2D eigenvalue weighted by Crippen LogP contribution is 2.34. The molecule has 2 N–H and O–H groups in total. The van der Waals surface area contributed by atoms with Gasteiger partial charge < -0.3 is 10.6 Å². The molecule has 1 aliphatic rings. The summed E-state index contributed by atoms with van der Waals surface area (Å²) >= 11 is 0. The van der Waals surface area contributed by atoms with Crippen LogP contribution in [0.4, 0.5) is 5.69 Å². The normalized spacial score (nSPS) is 18.9. The minimum atomic E-state index is 0.216. The fraction of sp³-hybridized carbons (Fsp3) is 0.600. The standard InChI is InChI=1S/C15H25N3/c1-15(2)11-18(8-7-17(3)4)10-12-9-13(16)5-6-14(12)15/h5-6,9H,7-8,10-11,16H2,1-4H3. The van der Waals surface area contributed by atoms with E-state index in [1.807, 2.05) is 6.07 Å². The maximum absolute atomic E-state index is 5.91. The lowest BCUT2D eigenvalue weighted by atomic mass is 9.78. The van der Waals surface area contributed by atoms with Crippen molar-refractivity contribution < 1.29 is 0 Å². The molecule has 1 aromatic carbocycles. The van der Waals surface area contributed by atoms with Gasteiger partial charge in [0.05, 0.1) is 0 Å². The maximum Gasteiger partial charge on any atom is 0.0317 e. The summed E-state index contributed by atoms with van der Waals surface area (Å²) in [5.74, 6) is 0. The van der Waals surface area contributed by atoms with Gasteiger partial charge in [-0.3, -0.25) is 4.90 Å². The monoisotopic (exact) mass is 247 g/mol. The molecule has 18 heavy (non-hydrogen) atoms. The predicted octanol–water partition coefficient (Wildman–Crippen LogP) is 1.92. The molecule has 0 aromatic heterocycles. The highest BCUT2D eigenvalue weighted by Gasteiger charge is 2.31. The Labute approximate surface area is 111 Å². The summed E-state index contributed by atoms with van der Waals surface area (Å²) in [6, 6.07) is 6.36. The molecule has 0 unspecified atom stereocenters. The van der Waals surface area contributed by atoms with Gasteiger partial charge in [-0.1, -0.05) is 19.9 Å². The van der Waals surface area contributed by atoms with E-state index in [0.717, 1.165) is 31.9 Å². The average Bonchev–Trinajstić information content (AvgIpc) is 2.24. The van der Waals surface area contributed by atoms with Crippen molar-refractivity contribution in [1.29, 1.82) is 0 Å². The molecule has 0 aliphatic carbocycles. The fourth-order valence-corrected chi connectivity index (χ4v) is 2.85. The third-order valence-corrected chi connectivity index (χ3v) is 3.73. The van der Waals surface area contributed by atoms with Gasteiger partial charge >= 0.3 is 0 Å². The lowest BCUT2D eigenvalue weighted by Gasteiger charge is -2.40.